The Kier molecular flexibility index (Phi) is 6.73. The summed E-state index contributed by atoms with van der Waals surface area (Å²) in [6.07, 6.45) is 0. The maximum Gasteiger partial charge on any atom is 1.00 e. The third-order valence-corrected chi connectivity index (χ3v) is 2.13. The van der Waals surface area contributed by atoms with Crippen LogP contribution in [0.15, 0.2) is 24.3 Å². The predicted molar refractivity (Wildman–Crippen MR) is 55.7 cm³/mol. The largest absolute Gasteiger partial charge is 1.00 e. The van der Waals surface area contributed by atoms with Crippen LogP contribution in [0.5, 0.6) is 0 Å². The van der Waals surface area contributed by atoms with E-state index in [2.05, 4.69) is 0 Å². The molecule has 8 heteroatoms. The maximum absolute atomic E-state index is 11.4. The fourth-order valence-electron chi connectivity index (χ4n) is 1.09. The smallest absolute Gasteiger partial charge is 0.731 e. The standard InChI is InChI=1S/C9H11NO5S.Na/c1-2-15-9(11)7-5-3-4-6-8(7)10-16(12,13)14;/h3-6,10H,2H2,1H3,(H,12,13,14);/q;+1/p-1. The molecule has 0 aliphatic carbocycles. The minimum atomic E-state index is -4.66. The molecule has 0 atom stereocenters. The van der Waals surface area contributed by atoms with Gasteiger partial charge in [-0.1, -0.05) is 12.1 Å². The van der Waals surface area contributed by atoms with Crippen molar-refractivity contribution in [3.63, 3.8) is 0 Å². The molecule has 0 aliphatic rings. The summed E-state index contributed by atoms with van der Waals surface area (Å²) in [5.74, 6) is -0.686. The van der Waals surface area contributed by atoms with Crippen molar-refractivity contribution in [2.75, 3.05) is 11.3 Å². The van der Waals surface area contributed by atoms with E-state index in [1.165, 1.54) is 24.3 Å². The molecular formula is C9H10NNaO5S. The van der Waals surface area contributed by atoms with Crippen molar-refractivity contribution < 1.29 is 52.1 Å². The average Bonchev–Trinajstić information content (AvgIpc) is 2.16. The molecule has 88 valence electrons. The Balaban J connectivity index is 0.00000256. The number of rotatable bonds is 4. The van der Waals surface area contributed by atoms with Gasteiger partial charge in [-0.2, -0.15) is 0 Å². The predicted octanol–water partition coefficient (Wildman–Crippen LogP) is -2.26. The molecule has 0 bridgehead atoms. The molecule has 6 nitrogen and oxygen atoms in total. The van der Waals surface area contributed by atoms with Crippen LogP contribution in [0.4, 0.5) is 5.69 Å². The summed E-state index contributed by atoms with van der Waals surface area (Å²) in [5.41, 5.74) is -0.0836. The average molecular weight is 267 g/mol. The molecule has 17 heavy (non-hydrogen) atoms. The van der Waals surface area contributed by atoms with Crippen LogP contribution in [0.1, 0.15) is 17.3 Å². The molecule has 0 fully saturated rings. The number of benzene rings is 1. The first-order chi connectivity index (χ1) is 7.44. The van der Waals surface area contributed by atoms with Crippen molar-refractivity contribution >= 4 is 22.0 Å². The van der Waals surface area contributed by atoms with Crippen LogP contribution in [-0.2, 0) is 15.0 Å². The number of anilines is 1. The van der Waals surface area contributed by atoms with Crippen LogP contribution >= 0.6 is 0 Å². The molecular weight excluding hydrogens is 257 g/mol. The Bertz CT molecular complexity index is 488. The number of hydrogen-bond acceptors (Lipinski definition) is 5. The summed E-state index contributed by atoms with van der Waals surface area (Å²) in [6.45, 7) is 1.79. The SMILES string of the molecule is CCOC(=O)c1ccccc1NS(=O)(=O)[O-].[Na+]. The topological polar surface area (TPSA) is 95.5 Å². The van der Waals surface area contributed by atoms with E-state index in [0.29, 0.717) is 0 Å². The third-order valence-electron chi connectivity index (χ3n) is 1.66. The summed E-state index contributed by atoms with van der Waals surface area (Å²) < 4.78 is 38.0. The second kappa shape index (κ2) is 6.97. The molecule has 0 heterocycles. The van der Waals surface area contributed by atoms with E-state index >= 15 is 0 Å². The summed E-state index contributed by atoms with van der Waals surface area (Å²) in [4.78, 5) is 11.4. The molecule has 0 radical (unpaired) electrons. The zero-order valence-electron chi connectivity index (χ0n) is 9.47. The molecule has 0 saturated carbocycles. The molecule has 0 aromatic heterocycles. The zero-order chi connectivity index (χ0) is 12.2. The van der Waals surface area contributed by atoms with Gasteiger partial charge in [-0.15, -0.1) is 0 Å². The van der Waals surface area contributed by atoms with Crippen molar-refractivity contribution in [3.05, 3.63) is 29.8 Å². The van der Waals surface area contributed by atoms with Gasteiger partial charge < -0.3 is 9.29 Å². The van der Waals surface area contributed by atoms with E-state index in [0.717, 1.165) is 0 Å². The molecule has 0 aliphatic heterocycles. The normalized spacial score (nSPS) is 10.2. The van der Waals surface area contributed by atoms with Gasteiger partial charge >= 0.3 is 35.5 Å². The van der Waals surface area contributed by atoms with Gasteiger partial charge in [-0.05, 0) is 19.1 Å². The summed E-state index contributed by atoms with van der Waals surface area (Å²) in [5, 5.41) is 0. The van der Waals surface area contributed by atoms with Gasteiger partial charge in [0.05, 0.1) is 17.9 Å². The second-order valence-electron chi connectivity index (χ2n) is 2.82. The van der Waals surface area contributed by atoms with Crippen molar-refractivity contribution in [1.82, 2.24) is 0 Å². The Morgan fingerprint density at radius 2 is 2.00 bits per heavy atom. The van der Waals surface area contributed by atoms with Crippen LogP contribution in [0, 0.1) is 0 Å². The van der Waals surface area contributed by atoms with Crippen molar-refractivity contribution in [2.45, 2.75) is 6.92 Å². The monoisotopic (exact) mass is 267 g/mol. The second-order valence-corrected chi connectivity index (χ2v) is 3.93. The van der Waals surface area contributed by atoms with E-state index in [1.807, 2.05) is 0 Å². The van der Waals surface area contributed by atoms with Crippen LogP contribution in [0.2, 0.25) is 0 Å². The minimum absolute atomic E-state index is 0. The van der Waals surface area contributed by atoms with Gasteiger partial charge in [0.2, 0.25) is 0 Å². The fraction of sp³-hybridized carbons (Fsp3) is 0.222. The first kappa shape index (κ1) is 16.4. The van der Waals surface area contributed by atoms with Gasteiger partial charge in [-0.3, -0.25) is 4.72 Å². The number of nitrogens with one attached hydrogen (secondary N) is 1. The first-order valence-electron chi connectivity index (χ1n) is 4.44. The number of para-hydroxylation sites is 1. The Labute approximate surface area is 122 Å². The molecule has 1 aromatic carbocycles. The van der Waals surface area contributed by atoms with E-state index in [-0.39, 0.29) is 47.4 Å². The Hall–Kier alpha value is -0.600. The van der Waals surface area contributed by atoms with Crippen LogP contribution in [0.25, 0.3) is 0 Å². The molecule has 0 saturated heterocycles. The zero-order valence-corrected chi connectivity index (χ0v) is 12.3. The van der Waals surface area contributed by atoms with E-state index in [9.17, 15) is 17.8 Å². The van der Waals surface area contributed by atoms with Gasteiger partial charge in [0.25, 0.3) is 0 Å². The van der Waals surface area contributed by atoms with Crippen molar-refractivity contribution in [1.29, 1.82) is 0 Å². The van der Waals surface area contributed by atoms with Crippen molar-refractivity contribution in [2.24, 2.45) is 0 Å². The van der Waals surface area contributed by atoms with E-state index in [4.69, 9.17) is 4.74 Å². The quantitative estimate of drug-likeness (QED) is 0.377. The Morgan fingerprint density at radius 1 is 1.41 bits per heavy atom. The maximum atomic E-state index is 11.4. The van der Waals surface area contributed by atoms with Gasteiger partial charge in [-0.25, -0.2) is 13.2 Å². The minimum Gasteiger partial charge on any atom is -0.731 e. The number of ether oxygens (including phenoxy) is 1. The summed E-state index contributed by atoms with van der Waals surface area (Å²) in [6, 6.07) is 5.71. The van der Waals surface area contributed by atoms with Crippen LogP contribution < -0.4 is 34.3 Å². The third kappa shape index (κ3) is 5.51. The van der Waals surface area contributed by atoms with E-state index < -0.39 is 16.3 Å². The van der Waals surface area contributed by atoms with Crippen LogP contribution in [0.3, 0.4) is 0 Å². The Morgan fingerprint density at radius 3 is 2.53 bits per heavy atom. The van der Waals surface area contributed by atoms with E-state index in [1.54, 1.807) is 11.6 Å². The fourth-order valence-corrected chi connectivity index (χ4v) is 1.54. The molecule has 0 unspecified atom stereocenters. The number of esters is 1. The summed E-state index contributed by atoms with van der Waals surface area (Å²) in [7, 11) is -4.66. The molecule has 1 rings (SSSR count). The molecule has 1 aromatic rings. The van der Waals surface area contributed by atoms with Crippen LogP contribution in [-0.4, -0.2) is 25.5 Å². The molecule has 0 amide bonds. The van der Waals surface area contributed by atoms with Gasteiger partial charge in [0.15, 0.2) is 10.3 Å². The number of carbonyl (C=O) groups excluding carboxylic acids is 1. The number of carbonyl (C=O) groups is 1. The van der Waals surface area contributed by atoms with Crippen molar-refractivity contribution in [3.8, 4) is 0 Å². The van der Waals surface area contributed by atoms with Gasteiger partial charge in [0, 0.05) is 0 Å². The number of hydrogen-bond donors (Lipinski definition) is 1. The molecule has 1 N–H and O–H groups in total. The first-order valence-corrected chi connectivity index (χ1v) is 5.84. The summed E-state index contributed by atoms with van der Waals surface area (Å²) >= 11 is 0. The molecule has 0 spiro atoms. The van der Waals surface area contributed by atoms with Gasteiger partial charge in [0.1, 0.15) is 0 Å².